The molecule has 0 saturated heterocycles. The molecule has 2 rings (SSSR count). The molecule has 6 heteroatoms. The molecule has 0 radical (unpaired) electrons. The molecule has 2 aromatic rings. The van der Waals surface area contributed by atoms with E-state index in [0.717, 1.165) is 0 Å². The lowest BCUT2D eigenvalue weighted by molar-refractivity contribution is -0.384. The van der Waals surface area contributed by atoms with Crippen LogP contribution in [0.4, 0.5) is 17.2 Å². The zero-order chi connectivity index (χ0) is 14.7. The zero-order valence-electron chi connectivity index (χ0n) is 11.1. The Morgan fingerprint density at radius 2 is 1.85 bits per heavy atom. The van der Waals surface area contributed by atoms with Crippen LogP contribution in [0.25, 0.3) is 0 Å². The smallest absolute Gasteiger partial charge is 0.311 e. The predicted octanol–water partition coefficient (Wildman–Crippen LogP) is 3.24. The second-order valence-electron chi connectivity index (χ2n) is 4.34. The van der Waals surface area contributed by atoms with E-state index in [4.69, 9.17) is 0 Å². The number of ketones is 1. The average molecular weight is 271 g/mol. The van der Waals surface area contributed by atoms with Gasteiger partial charge in [0.1, 0.15) is 0 Å². The molecule has 0 amide bonds. The van der Waals surface area contributed by atoms with Crippen molar-refractivity contribution in [3.63, 3.8) is 0 Å². The Labute approximate surface area is 115 Å². The number of anilines is 2. The highest BCUT2D eigenvalue weighted by molar-refractivity contribution is 5.94. The highest BCUT2D eigenvalue weighted by atomic mass is 16.6. The second kappa shape index (κ2) is 5.48. The van der Waals surface area contributed by atoms with Gasteiger partial charge in [0, 0.05) is 23.0 Å². The summed E-state index contributed by atoms with van der Waals surface area (Å²) >= 11 is 0. The Bertz CT molecular complexity index is 666. The van der Waals surface area contributed by atoms with Crippen molar-refractivity contribution in [2.24, 2.45) is 0 Å². The van der Waals surface area contributed by atoms with E-state index in [2.05, 4.69) is 10.3 Å². The van der Waals surface area contributed by atoms with Crippen molar-refractivity contribution in [3.05, 3.63) is 57.8 Å². The van der Waals surface area contributed by atoms with E-state index in [0.29, 0.717) is 16.9 Å². The molecule has 0 aliphatic rings. The van der Waals surface area contributed by atoms with Crippen LogP contribution in [0.15, 0.2) is 36.4 Å². The van der Waals surface area contributed by atoms with E-state index in [1.165, 1.54) is 13.0 Å². The summed E-state index contributed by atoms with van der Waals surface area (Å²) in [7, 11) is 0. The van der Waals surface area contributed by atoms with Crippen LogP contribution < -0.4 is 5.32 Å². The Hall–Kier alpha value is -2.76. The normalized spacial score (nSPS) is 10.1. The average Bonchev–Trinajstić information content (AvgIpc) is 2.39. The molecule has 0 spiro atoms. The van der Waals surface area contributed by atoms with E-state index >= 15 is 0 Å². The molecule has 0 fully saturated rings. The van der Waals surface area contributed by atoms with E-state index in [1.54, 1.807) is 37.3 Å². The number of pyridine rings is 1. The standard InChI is InChI=1S/C14H13N3O3/c1-9-3-8-13(17(19)20)14(15-9)16-12-6-4-11(5-7-12)10(2)18/h3-8H,1-2H3,(H,15,16). The molecular formula is C14H13N3O3. The number of aryl methyl sites for hydroxylation is 1. The van der Waals surface area contributed by atoms with Gasteiger partial charge in [0.05, 0.1) is 4.92 Å². The van der Waals surface area contributed by atoms with Gasteiger partial charge in [-0.15, -0.1) is 0 Å². The molecule has 0 bridgehead atoms. The third-order valence-corrected chi connectivity index (χ3v) is 2.76. The van der Waals surface area contributed by atoms with Crippen LogP contribution in [-0.4, -0.2) is 15.7 Å². The van der Waals surface area contributed by atoms with Gasteiger partial charge >= 0.3 is 5.69 Å². The summed E-state index contributed by atoms with van der Waals surface area (Å²) in [5.74, 6) is 0.154. The fraction of sp³-hybridized carbons (Fsp3) is 0.143. The van der Waals surface area contributed by atoms with Gasteiger partial charge in [-0.1, -0.05) is 0 Å². The molecule has 0 unspecified atom stereocenters. The molecule has 20 heavy (non-hydrogen) atoms. The Balaban J connectivity index is 2.31. The van der Waals surface area contributed by atoms with Gasteiger partial charge in [0.15, 0.2) is 5.78 Å². The monoisotopic (exact) mass is 271 g/mol. The number of nitro groups is 1. The van der Waals surface area contributed by atoms with E-state index in [-0.39, 0.29) is 17.3 Å². The van der Waals surface area contributed by atoms with Crippen LogP contribution in [0, 0.1) is 17.0 Å². The van der Waals surface area contributed by atoms with Gasteiger partial charge in [-0.05, 0) is 44.2 Å². The molecule has 6 nitrogen and oxygen atoms in total. The summed E-state index contributed by atoms with van der Waals surface area (Å²) in [4.78, 5) is 25.8. The maximum absolute atomic E-state index is 11.2. The summed E-state index contributed by atoms with van der Waals surface area (Å²) < 4.78 is 0. The topological polar surface area (TPSA) is 85.1 Å². The minimum atomic E-state index is -0.487. The fourth-order valence-electron chi connectivity index (χ4n) is 1.71. The van der Waals surface area contributed by atoms with Crippen LogP contribution in [-0.2, 0) is 0 Å². The molecule has 1 aromatic heterocycles. The van der Waals surface area contributed by atoms with Crippen LogP contribution in [0.3, 0.4) is 0 Å². The van der Waals surface area contributed by atoms with E-state index in [1.807, 2.05) is 0 Å². The quantitative estimate of drug-likeness (QED) is 0.524. The second-order valence-corrected chi connectivity index (χ2v) is 4.34. The molecule has 102 valence electrons. The summed E-state index contributed by atoms with van der Waals surface area (Å²) in [5.41, 5.74) is 1.81. The Kier molecular flexibility index (Phi) is 3.74. The molecule has 0 aliphatic heterocycles. The molecule has 0 atom stereocenters. The third-order valence-electron chi connectivity index (χ3n) is 2.76. The first kappa shape index (κ1) is 13.7. The Morgan fingerprint density at radius 1 is 1.20 bits per heavy atom. The summed E-state index contributed by atoms with van der Waals surface area (Å²) in [6, 6.07) is 9.68. The molecule has 1 N–H and O–H groups in total. The van der Waals surface area contributed by atoms with E-state index < -0.39 is 4.92 Å². The van der Waals surface area contributed by atoms with Crippen LogP contribution in [0.1, 0.15) is 23.0 Å². The van der Waals surface area contributed by atoms with E-state index in [9.17, 15) is 14.9 Å². The number of rotatable bonds is 4. The van der Waals surface area contributed by atoms with Gasteiger partial charge in [-0.2, -0.15) is 0 Å². The summed E-state index contributed by atoms with van der Waals surface area (Å²) in [6.07, 6.45) is 0. The van der Waals surface area contributed by atoms with Crippen molar-refractivity contribution in [2.75, 3.05) is 5.32 Å². The van der Waals surface area contributed by atoms with Gasteiger partial charge in [-0.3, -0.25) is 14.9 Å². The lowest BCUT2D eigenvalue weighted by Crippen LogP contribution is -2.01. The SMILES string of the molecule is CC(=O)c1ccc(Nc2nc(C)ccc2[N+](=O)[O-])cc1. The molecular weight excluding hydrogens is 258 g/mol. The van der Waals surface area contributed by atoms with Crippen LogP contribution >= 0.6 is 0 Å². The van der Waals surface area contributed by atoms with Gasteiger partial charge in [0.2, 0.25) is 5.82 Å². The van der Waals surface area contributed by atoms with Crippen molar-refractivity contribution in [1.82, 2.24) is 4.98 Å². The number of nitrogens with zero attached hydrogens (tertiary/aromatic N) is 2. The number of benzene rings is 1. The first-order chi connectivity index (χ1) is 9.47. The maximum atomic E-state index is 11.2. The predicted molar refractivity (Wildman–Crippen MR) is 75.4 cm³/mol. The minimum Gasteiger partial charge on any atom is -0.334 e. The lowest BCUT2D eigenvalue weighted by Gasteiger charge is -2.07. The molecule has 0 aliphatic carbocycles. The Morgan fingerprint density at radius 3 is 2.40 bits per heavy atom. The zero-order valence-corrected chi connectivity index (χ0v) is 11.1. The molecule has 1 heterocycles. The van der Waals surface area contributed by atoms with Crippen molar-refractivity contribution < 1.29 is 9.72 Å². The fourth-order valence-corrected chi connectivity index (χ4v) is 1.71. The molecule has 0 saturated carbocycles. The van der Waals surface area contributed by atoms with Crippen molar-refractivity contribution in [3.8, 4) is 0 Å². The van der Waals surface area contributed by atoms with Crippen molar-refractivity contribution in [2.45, 2.75) is 13.8 Å². The number of aromatic nitrogens is 1. The highest BCUT2D eigenvalue weighted by Crippen LogP contribution is 2.25. The number of Topliss-reactive ketones (excluding diaryl/α,β-unsaturated/α-hetero) is 1. The summed E-state index contributed by atoms with van der Waals surface area (Å²) in [5, 5.41) is 13.8. The molecule has 1 aromatic carbocycles. The summed E-state index contributed by atoms with van der Waals surface area (Å²) in [6.45, 7) is 3.24. The maximum Gasteiger partial charge on any atom is 0.311 e. The van der Waals surface area contributed by atoms with Gasteiger partial charge in [-0.25, -0.2) is 4.98 Å². The van der Waals surface area contributed by atoms with Crippen molar-refractivity contribution in [1.29, 1.82) is 0 Å². The number of hydrogen-bond donors (Lipinski definition) is 1. The highest BCUT2D eigenvalue weighted by Gasteiger charge is 2.15. The lowest BCUT2D eigenvalue weighted by atomic mass is 10.1. The first-order valence-corrected chi connectivity index (χ1v) is 5.97. The largest absolute Gasteiger partial charge is 0.334 e. The van der Waals surface area contributed by atoms with Crippen LogP contribution in [0.5, 0.6) is 0 Å². The van der Waals surface area contributed by atoms with Crippen molar-refractivity contribution >= 4 is 23.0 Å². The van der Waals surface area contributed by atoms with Crippen LogP contribution in [0.2, 0.25) is 0 Å². The number of nitrogens with one attached hydrogen (secondary N) is 1. The van der Waals surface area contributed by atoms with Gasteiger partial charge < -0.3 is 5.32 Å². The number of carbonyl (C=O) groups excluding carboxylic acids is 1. The number of carbonyl (C=O) groups is 1. The third kappa shape index (κ3) is 2.97. The first-order valence-electron chi connectivity index (χ1n) is 5.97. The number of hydrogen-bond acceptors (Lipinski definition) is 5. The van der Waals surface area contributed by atoms with Gasteiger partial charge in [0.25, 0.3) is 0 Å². The minimum absolute atomic E-state index is 0.0313.